The zero-order chi connectivity index (χ0) is 13.8. The van der Waals surface area contributed by atoms with Crippen LogP contribution in [0.15, 0.2) is 29.0 Å². The molecule has 2 aromatic rings. The van der Waals surface area contributed by atoms with Crippen molar-refractivity contribution in [3.8, 4) is 0 Å². The van der Waals surface area contributed by atoms with Crippen LogP contribution >= 0.6 is 22.7 Å². The van der Waals surface area contributed by atoms with Gasteiger partial charge in [0.15, 0.2) is 0 Å². The summed E-state index contributed by atoms with van der Waals surface area (Å²) in [5.74, 6) is 0. The van der Waals surface area contributed by atoms with E-state index in [0.29, 0.717) is 0 Å². The summed E-state index contributed by atoms with van der Waals surface area (Å²) in [5, 5.41) is 4.54. The number of nitrogens with zero attached hydrogens (tertiary/aromatic N) is 1. The van der Waals surface area contributed by atoms with Crippen molar-refractivity contribution in [1.82, 2.24) is 4.90 Å². The van der Waals surface area contributed by atoms with Gasteiger partial charge in [-0.1, -0.05) is 0 Å². The van der Waals surface area contributed by atoms with E-state index in [2.05, 4.69) is 45.2 Å². The third-order valence-electron chi connectivity index (χ3n) is 3.50. The second-order valence-corrected chi connectivity index (χ2v) is 11.1. The summed E-state index contributed by atoms with van der Waals surface area (Å²) in [7, 11) is 0. The molecule has 0 saturated carbocycles. The summed E-state index contributed by atoms with van der Waals surface area (Å²) < 4.78 is 6.60. The van der Waals surface area contributed by atoms with Crippen molar-refractivity contribution >= 4 is 22.7 Å². The molecular formula is C15H20INOS2. The Kier molecular flexibility index (Phi) is 5.50. The Morgan fingerprint density at radius 3 is 2.80 bits per heavy atom. The third kappa shape index (κ3) is 4.04. The van der Waals surface area contributed by atoms with Crippen LogP contribution < -0.4 is 21.2 Å². The number of likely N-dealkylation sites (N-methyl/N-ethyl adjacent to an activating group) is 1. The number of halogens is 1. The Labute approximate surface area is 139 Å². The van der Waals surface area contributed by atoms with E-state index in [1.54, 1.807) is 5.77 Å². The van der Waals surface area contributed by atoms with Crippen LogP contribution in [0.2, 0.25) is 0 Å². The van der Waals surface area contributed by atoms with Crippen molar-refractivity contribution in [1.29, 1.82) is 0 Å². The fourth-order valence-electron chi connectivity index (χ4n) is 2.30. The molecule has 2 nitrogen and oxygen atoms in total. The van der Waals surface area contributed by atoms with Gasteiger partial charge in [-0.05, 0) is 0 Å². The summed E-state index contributed by atoms with van der Waals surface area (Å²) in [4.78, 5) is 2.52. The summed E-state index contributed by atoms with van der Waals surface area (Å²) >= 11 is 3.90. The number of hydrogen-bond acceptors (Lipinski definition) is 3. The maximum absolute atomic E-state index is 3.44. The summed E-state index contributed by atoms with van der Waals surface area (Å²) in [6, 6.07) is 6.87. The molecule has 0 aromatic carbocycles. The third-order valence-corrected chi connectivity index (χ3v) is 9.22. The topological polar surface area (TPSA) is 5.94 Å². The van der Waals surface area contributed by atoms with Crippen molar-refractivity contribution in [3.63, 3.8) is 0 Å². The molecule has 1 aliphatic rings. The van der Waals surface area contributed by atoms with Gasteiger partial charge in [-0.25, -0.2) is 0 Å². The van der Waals surface area contributed by atoms with E-state index in [1.807, 2.05) is 22.7 Å². The van der Waals surface area contributed by atoms with Gasteiger partial charge in [0.1, 0.15) is 0 Å². The SMILES string of the molecule is CCN1CC[O+](Cc2csc([I-]c3cccs3)c2)CC1. The Hall–Kier alpha value is 0.0500. The van der Waals surface area contributed by atoms with Crippen LogP contribution in [0.5, 0.6) is 0 Å². The first-order valence-corrected chi connectivity index (χ1v) is 10.9. The van der Waals surface area contributed by atoms with Gasteiger partial charge in [0.05, 0.1) is 0 Å². The molecule has 0 N–H and O–H groups in total. The van der Waals surface area contributed by atoms with Crippen LogP contribution in [-0.2, 0) is 11.0 Å². The number of morpholine rings is 1. The average molecular weight is 421 g/mol. The van der Waals surface area contributed by atoms with Crippen LogP contribution in [0, 0.1) is 5.77 Å². The molecule has 0 spiro atoms. The molecule has 0 atom stereocenters. The van der Waals surface area contributed by atoms with E-state index in [4.69, 9.17) is 0 Å². The molecule has 1 aliphatic heterocycles. The van der Waals surface area contributed by atoms with Crippen LogP contribution in [0.4, 0.5) is 0 Å². The molecule has 1 fully saturated rings. The second kappa shape index (κ2) is 7.35. The van der Waals surface area contributed by atoms with Gasteiger partial charge < -0.3 is 0 Å². The standard InChI is InChI=1S/C15H20INOS2/c1-2-17-5-7-18(8-6-17)11-13-10-15(20-12-13)16-14-4-3-9-19-14/h3-4,9-10,12H,2,5-8,11H2,1H3. The molecule has 0 bridgehead atoms. The van der Waals surface area contributed by atoms with Crippen molar-refractivity contribution < 1.29 is 25.6 Å². The molecule has 20 heavy (non-hydrogen) atoms. The maximum atomic E-state index is 3.44. The minimum absolute atomic E-state index is 0.0533. The molecule has 0 amide bonds. The number of rotatable bonds is 5. The quantitative estimate of drug-likeness (QED) is 0.498. The van der Waals surface area contributed by atoms with Crippen molar-refractivity contribution in [2.24, 2.45) is 0 Å². The molecule has 0 radical (unpaired) electrons. The van der Waals surface area contributed by atoms with E-state index >= 15 is 0 Å². The summed E-state index contributed by atoms with van der Waals surface area (Å²) in [5.41, 5.74) is 1.48. The normalized spacial score (nSPS) is 17.9. The van der Waals surface area contributed by atoms with Gasteiger partial charge in [0.25, 0.3) is 0 Å². The Morgan fingerprint density at radius 2 is 2.10 bits per heavy atom. The molecule has 0 unspecified atom stereocenters. The minimum atomic E-state index is 0.0533. The first kappa shape index (κ1) is 15.0. The second-order valence-electron chi connectivity index (χ2n) is 4.87. The van der Waals surface area contributed by atoms with Gasteiger partial charge in [-0.3, -0.25) is 0 Å². The van der Waals surface area contributed by atoms with Gasteiger partial charge in [-0.15, -0.1) is 0 Å². The van der Waals surface area contributed by atoms with Crippen molar-refractivity contribution in [2.45, 2.75) is 13.5 Å². The molecular weight excluding hydrogens is 401 g/mol. The van der Waals surface area contributed by atoms with Crippen LogP contribution in [0.25, 0.3) is 0 Å². The number of thiophene rings is 2. The average Bonchev–Trinajstić information content (AvgIpc) is 3.12. The zero-order valence-electron chi connectivity index (χ0n) is 11.7. The van der Waals surface area contributed by atoms with Crippen molar-refractivity contribution in [3.05, 3.63) is 40.3 Å². The Morgan fingerprint density at radius 1 is 1.25 bits per heavy atom. The Bertz CT molecular complexity index is 518. The van der Waals surface area contributed by atoms with Gasteiger partial charge in [0, 0.05) is 0 Å². The van der Waals surface area contributed by atoms with Gasteiger partial charge >= 0.3 is 140 Å². The molecule has 3 heterocycles. The van der Waals surface area contributed by atoms with Crippen LogP contribution in [0.1, 0.15) is 12.5 Å². The monoisotopic (exact) mass is 421 g/mol. The number of hydrogen-bond donors (Lipinski definition) is 0. The fourth-order valence-corrected chi connectivity index (χ4v) is 7.95. The van der Waals surface area contributed by atoms with Crippen LogP contribution in [-0.4, -0.2) is 37.7 Å². The molecule has 5 heteroatoms. The zero-order valence-corrected chi connectivity index (χ0v) is 15.5. The van der Waals surface area contributed by atoms with E-state index in [0.717, 1.165) is 19.8 Å². The first-order valence-electron chi connectivity index (χ1n) is 6.95. The van der Waals surface area contributed by atoms with Gasteiger partial charge in [0.2, 0.25) is 0 Å². The fraction of sp³-hybridized carbons (Fsp3) is 0.467. The van der Waals surface area contributed by atoms with Gasteiger partial charge in [-0.2, -0.15) is 0 Å². The predicted octanol–water partition coefficient (Wildman–Crippen LogP) is 0.326. The summed E-state index contributed by atoms with van der Waals surface area (Å²) in [6.45, 7) is 9.16. The van der Waals surface area contributed by atoms with E-state index in [1.165, 1.54) is 25.2 Å². The molecule has 1 saturated heterocycles. The molecule has 110 valence electrons. The van der Waals surface area contributed by atoms with E-state index in [-0.39, 0.29) is 21.2 Å². The molecule has 0 aliphatic carbocycles. The molecule has 2 aromatic heterocycles. The van der Waals surface area contributed by atoms with E-state index < -0.39 is 0 Å². The predicted molar refractivity (Wildman–Crippen MR) is 82.7 cm³/mol. The summed E-state index contributed by atoms with van der Waals surface area (Å²) in [6.07, 6.45) is 0. The van der Waals surface area contributed by atoms with E-state index in [9.17, 15) is 0 Å². The molecule has 3 rings (SSSR count). The Balaban J connectivity index is 1.52. The van der Waals surface area contributed by atoms with Crippen LogP contribution in [0.3, 0.4) is 0 Å². The first-order chi connectivity index (χ1) is 9.83. The van der Waals surface area contributed by atoms with Crippen molar-refractivity contribution in [2.75, 3.05) is 32.8 Å².